The van der Waals surface area contributed by atoms with Crippen LogP contribution < -0.4 is 9.64 Å². The topological polar surface area (TPSA) is 106 Å². The largest absolute Gasteiger partial charge is 0.503 e. The van der Waals surface area contributed by atoms with Crippen LogP contribution in [0, 0.1) is 13.8 Å². The minimum atomic E-state index is -0.960. The zero-order valence-electron chi connectivity index (χ0n) is 24.4. The van der Waals surface area contributed by atoms with Gasteiger partial charge in [0.1, 0.15) is 11.8 Å². The number of hydrogen-bond donors (Lipinski definition) is 1. The summed E-state index contributed by atoms with van der Waals surface area (Å²) in [6, 6.07) is 20.8. The molecule has 0 aliphatic carbocycles. The van der Waals surface area contributed by atoms with Crippen LogP contribution in [0.5, 0.6) is 5.75 Å². The van der Waals surface area contributed by atoms with E-state index in [9.17, 15) is 14.7 Å². The monoisotopic (exact) mass is 642 g/mol. The molecule has 224 valence electrons. The van der Waals surface area contributed by atoms with Crippen LogP contribution in [-0.4, -0.2) is 38.6 Å². The molecular formula is C33H30N4O4S3. The lowest BCUT2D eigenvalue weighted by molar-refractivity contribution is -0.117. The number of ketones is 1. The first-order valence-corrected chi connectivity index (χ1v) is 16.9. The number of para-hydroxylation sites is 1. The predicted octanol–water partition coefficient (Wildman–Crippen LogP) is 8.02. The highest BCUT2D eigenvalue weighted by molar-refractivity contribution is 8.00. The molecule has 11 heteroatoms. The van der Waals surface area contributed by atoms with Crippen LogP contribution in [-0.2, 0) is 10.5 Å². The Bertz CT molecular complexity index is 1890. The Labute approximate surface area is 267 Å². The number of aliphatic hydroxyl groups is 1. The molecule has 3 aromatic carbocycles. The van der Waals surface area contributed by atoms with Gasteiger partial charge in [-0.15, -0.1) is 21.5 Å². The number of thioether (sulfide) groups is 1. The molecule has 1 aliphatic rings. The molecule has 2 aromatic heterocycles. The van der Waals surface area contributed by atoms with E-state index in [4.69, 9.17) is 4.74 Å². The Morgan fingerprint density at radius 1 is 1.02 bits per heavy atom. The minimum Gasteiger partial charge on any atom is -0.503 e. The second-order valence-electron chi connectivity index (χ2n) is 10.3. The SMILES string of the molecule is CCCCOc1ccccc1C1C(C(=O)c2sc(C)nc2C)=C(O)C(=O)N1c1nnc(SCc2cccc3ccccc23)s1. The highest BCUT2D eigenvalue weighted by atomic mass is 32.2. The summed E-state index contributed by atoms with van der Waals surface area (Å²) in [5.74, 6) is -0.546. The Morgan fingerprint density at radius 3 is 2.59 bits per heavy atom. The van der Waals surface area contributed by atoms with Crippen LogP contribution in [0.3, 0.4) is 0 Å². The van der Waals surface area contributed by atoms with E-state index in [1.165, 1.54) is 55.7 Å². The van der Waals surface area contributed by atoms with Crippen molar-refractivity contribution in [1.29, 1.82) is 0 Å². The fraction of sp³-hybridized carbons (Fsp3) is 0.242. The van der Waals surface area contributed by atoms with E-state index in [0.29, 0.717) is 38.6 Å². The summed E-state index contributed by atoms with van der Waals surface area (Å²) < 4.78 is 6.80. The summed E-state index contributed by atoms with van der Waals surface area (Å²) in [5, 5.41) is 23.4. The molecule has 44 heavy (non-hydrogen) atoms. The van der Waals surface area contributed by atoms with Gasteiger partial charge in [0.2, 0.25) is 10.9 Å². The lowest BCUT2D eigenvalue weighted by Crippen LogP contribution is -2.31. The normalized spacial score (nSPS) is 15.0. The maximum absolute atomic E-state index is 14.0. The Hall–Kier alpha value is -4.06. The van der Waals surface area contributed by atoms with Crippen molar-refractivity contribution in [3.8, 4) is 5.75 Å². The molecule has 0 fully saturated rings. The summed E-state index contributed by atoms with van der Waals surface area (Å²) in [5.41, 5.74) is 2.29. The van der Waals surface area contributed by atoms with Crippen LogP contribution in [0.4, 0.5) is 5.13 Å². The van der Waals surface area contributed by atoms with Gasteiger partial charge in [-0.25, -0.2) is 4.98 Å². The number of hydrogen-bond acceptors (Lipinski definition) is 10. The number of benzene rings is 3. The smallest absolute Gasteiger partial charge is 0.296 e. The molecule has 1 amide bonds. The second-order valence-corrected chi connectivity index (χ2v) is 13.7. The van der Waals surface area contributed by atoms with Crippen molar-refractivity contribution in [3.05, 3.63) is 105 Å². The quantitative estimate of drug-likeness (QED) is 0.0668. The minimum absolute atomic E-state index is 0.0200. The molecule has 3 heterocycles. The lowest BCUT2D eigenvalue weighted by atomic mass is 9.94. The third-order valence-electron chi connectivity index (χ3n) is 7.36. The number of aliphatic hydroxyl groups excluding tert-OH is 1. The Balaban J connectivity index is 1.37. The number of thiazole rings is 1. The molecule has 1 atom stereocenters. The highest BCUT2D eigenvalue weighted by Crippen LogP contribution is 2.47. The van der Waals surface area contributed by atoms with Crippen LogP contribution >= 0.6 is 34.4 Å². The van der Waals surface area contributed by atoms with E-state index >= 15 is 0 Å². The summed E-state index contributed by atoms with van der Waals surface area (Å²) in [7, 11) is 0. The first-order valence-electron chi connectivity index (χ1n) is 14.3. The van der Waals surface area contributed by atoms with Crippen LogP contribution in [0.15, 0.2) is 82.4 Å². The van der Waals surface area contributed by atoms with E-state index in [0.717, 1.165) is 17.8 Å². The van der Waals surface area contributed by atoms with Crippen LogP contribution in [0.2, 0.25) is 0 Å². The molecular weight excluding hydrogens is 613 g/mol. The highest BCUT2D eigenvalue weighted by Gasteiger charge is 2.47. The molecule has 6 rings (SSSR count). The number of carbonyl (C=O) groups is 2. The van der Waals surface area contributed by atoms with Crippen molar-refractivity contribution >= 4 is 62.0 Å². The third kappa shape index (κ3) is 5.74. The predicted molar refractivity (Wildman–Crippen MR) is 176 cm³/mol. The number of rotatable bonds is 11. The van der Waals surface area contributed by atoms with Crippen molar-refractivity contribution in [1.82, 2.24) is 15.2 Å². The van der Waals surface area contributed by atoms with Gasteiger partial charge in [0.05, 0.1) is 27.8 Å². The van der Waals surface area contributed by atoms with Crippen LogP contribution in [0.1, 0.15) is 57.3 Å². The zero-order chi connectivity index (χ0) is 30.8. The van der Waals surface area contributed by atoms with Gasteiger partial charge < -0.3 is 9.84 Å². The summed E-state index contributed by atoms with van der Waals surface area (Å²) >= 11 is 4.02. The average molecular weight is 643 g/mol. The van der Waals surface area contributed by atoms with Gasteiger partial charge >= 0.3 is 0 Å². The number of aryl methyl sites for hydroxylation is 2. The molecule has 1 unspecified atom stereocenters. The van der Waals surface area contributed by atoms with Gasteiger partial charge in [-0.2, -0.15) is 0 Å². The molecule has 1 aliphatic heterocycles. The van der Waals surface area contributed by atoms with Crippen molar-refractivity contribution < 1.29 is 19.4 Å². The molecule has 0 saturated heterocycles. The van der Waals surface area contributed by atoms with E-state index in [1.807, 2.05) is 49.4 Å². The summed E-state index contributed by atoms with van der Waals surface area (Å²) in [6.07, 6.45) is 1.80. The zero-order valence-corrected chi connectivity index (χ0v) is 26.9. The van der Waals surface area contributed by atoms with Crippen molar-refractivity contribution in [2.45, 2.75) is 49.7 Å². The van der Waals surface area contributed by atoms with Gasteiger partial charge in [-0.3, -0.25) is 14.5 Å². The van der Waals surface area contributed by atoms with E-state index in [1.54, 1.807) is 6.92 Å². The van der Waals surface area contributed by atoms with Gasteiger partial charge in [0.25, 0.3) is 5.91 Å². The summed E-state index contributed by atoms with van der Waals surface area (Å²) in [4.78, 5) is 34.0. The van der Waals surface area contributed by atoms with E-state index in [2.05, 4.69) is 46.4 Å². The van der Waals surface area contributed by atoms with Crippen molar-refractivity contribution in [3.63, 3.8) is 0 Å². The number of nitrogens with zero attached hydrogens (tertiary/aromatic N) is 4. The maximum Gasteiger partial charge on any atom is 0.296 e. The average Bonchev–Trinajstić information content (AvgIpc) is 3.71. The molecule has 0 saturated carbocycles. The standard InChI is InChI=1S/C33H30N4O4S3/c1-4-5-17-41-25-16-9-8-15-24(25)27-26(28(38)30-19(2)34-20(3)43-30)29(39)31(40)37(27)32-35-36-33(44-32)42-18-22-13-10-12-21-11-6-7-14-23(21)22/h6-16,27,39H,4-5,17-18H2,1-3H3. The molecule has 8 nitrogen and oxygen atoms in total. The number of fused-ring (bicyclic) bond motifs is 1. The number of carbonyl (C=O) groups excluding carboxylic acids is 2. The van der Waals surface area contributed by atoms with Gasteiger partial charge in [-0.1, -0.05) is 97.1 Å². The molecule has 0 radical (unpaired) electrons. The number of unbranched alkanes of at least 4 members (excludes halogenated alkanes) is 1. The number of anilines is 1. The third-order valence-corrected chi connectivity index (χ3v) is 10.5. The lowest BCUT2D eigenvalue weighted by Gasteiger charge is -2.25. The number of Topliss-reactive ketones (excluding diaryl/α,β-unsaturated/α-hetero) is 1. The van der Waals surface area contributed by atoms with Gasteiger partial charge in [-0.05, 0) is 42.7 Å². The summed E-state index contributed by atoms with van der Waals surface area (Å²) in [6.45, 7) is 6.13. The molecule has 0 spiro atoms. The van der Waals surface area contributed by atoms with E-state index < -0.39 is 23.5 Å². The van der Waals surface area contributed by atoms with Crippen LogP contribution in [0.25, 0.3) is 10.8 Å². The number of amides is 1. The first-order chi connectivity index (χ1) is 21.4. The second kappa shape index (κ2) is 12.9. The number of aromatic nitrogens is 3. The fourth-order valence-electron chi connectivity index (χ4n) is 5.27. The Kier molecular flexibility index (Phi) is 8.79. The van der Waals surface area contributed by atoms with Crippen molar-refractivity contribution in [2.75, 3.05) is 11.5 Å². The van der Waals surface area contributed by atoms with Gasteiger partial charge in [0, 0.05) is 11.3 Å². The number of ether oxygens (including phenoxy) is 1. The fourth-order valence-corrected chi connectivity index (χ4v) is 8.02. The maximum atomic E-state index is 14.0. The molecule has 1 N–H and O–H groups in total. The molecule has 5 aromatic rings. The first kappa shape index (κ1) is 30.0. The Morgan fingerprint density at radius 2 is 1.80 bits per heavy atom. The van der Waals surface area contributed by atoms with Crippen molar-refractivity contribution in [2.24, 2.45) is 0 Å². The molecule has 0 bridgehead atoms. The van der Waals surface area contributed by atoms with E-state index in [-0.39, 0.29) is 10.7 Å². The van der Waals surface area contributed by atoms with Gasteiger partial charge in [0.15, 0.2) is 10.1 Å².